The minimum absolute atomic E-state index is 0.0477. The number of benzene rings is 2. The van der Waals surface area contributed by atoms with Crippen LogP contribution in [0.15, 0.2) is 75.3 Å². The van der Waals surface area contributed by atoms with Gasteiger partial charge in [-0.05, 0) is 0 Å². The van der Waals surface area contributed by atoms with E-state index in [2.05, 4.69) is 21.5 Å². The molecule has 0 fully saturated rings. The highest BCUT2D eigenvalue weighted by atomic mass is 16.4. The van der Waals surface area contributed by atoms with Crippen LogP contribution in [0, 0.1) is 12.3 Å². The van der Waals surface area contributed by atoms with Crippen molar-refractivity contribution >= 4 is 5.91 Å². The van der Waals surface area contributed by atoms with Gasteiger partial charge in [0.25, 0.3) is 0 Å². The van der Waals surface area contributed by atoms with E-state index in [0.29, 0.717) is 38.1 Å². The van der Waals surface area contributed by atoms with Crippen LogP contribution in [-0.4, -0.2) is 23.1 Å². The summed E-state index contributed by atoms with van der Waals surface area (Å²) in [5, 5.41) is 11.1. The molecule has 3 aromatic rings. The Morgan fingerprint density at radius 2 is 1.68 bits per heavy atom. The van der Waals surface area contributed by atoms with Gasteiger partial charge in [0.05, 0.1) is 0 Å². The molecule has 1 amide bonds. The smallest absolute Gasteiger partial charge is 0.220 e. The van der Waals surface area contributed by atoms with Gasteiger partial charge in [-0.15, -0.1) is 12.3 Å². The van der Waals surface area contributed by atoms with E-state index in [1.807, 2.05) is 60.7 Å². The minimum Gasteiger partial charge on any atom is -0.440 e. The minimum atomic E-state index is -0.378. The molecule has 0 radical (unpaired) electrons. The third-order valence-corrected chi connectivity index (χ3v) is 5.22. The number of nitrogens with one attached hydrogen (secondary N) is 1. The van der Waals surface area contributed by atoms with E-state index in [4.69, 9.17) is 15.8 Å². The molecule has 31 heavy (non-hydrogen) atoms. The second kappa shape index (κ2) is 9.40. The number of carbonyl (C=O) groups excluding carboxylic acids is 1. The fourth-order valence-corrected chi connectivity index (χ4v) is 3.43. The number of oxazole rings is 1. The molecule has 156 valence electrons. The van der Waals surface area contributed by atoms with Crippen LogP contribution in [0.2, 0.25) is 0 Å². The van der Waals surface area contributed by atoms with E-state index in [1.165, 1.54) is 0 Å². The fourth-order valence-electron chi connectivity index (χ4n) is 3.43. The van der Waals surface area contributed by atoms with Gasteiger partial charge in [-0.25, -0.2) is 4.98 Å². The van der Waals surface area contributed by atoms with Gasteiger partial charge in [0, 0.05) is 49.8 Å². The maximum Gasteiger partial charge on any atom is 0.220 e. The summed E-state index contributed by atoms with van der Waals surface area (Å²) in [7, 11) is 0. The molecule has 6 nitrogen and oxygen atoms in total. The average Bonchev–Trinajstić information content (AvgIpc) is 3.45. The number of hydrogen-bond acceptors (Lipinski definition) is 5. The molecule has 0 bridgehead atoms. The molecule has 2 heterocycles. The largest absolute Gasteiger partial charge is 0.440 e. The van der Waals surface area contributed by atoms with Crippen molar-refractivity contribution in [2.24, 2.45) is 10.2 Å². The lowest BCUT2D eigenvalue weighted by atomic mass is 10.0. The molecule has 4 rings (SSSR count). The number of nitrogens with zero attached hydrogens (tertiary/aromatic N) is 3. The number of aryl methyl sites for hydroxylation is 1. The predicted molar refractivity (Wildman–Crippen MR) is 119 cm³/mol. The standard InChI is InChI=1S/C25H24N4O2/c1-2-3-16-25(28-29-25)17-18-26-21(30)14-15-22-27-23(19-10-6-4-7-11-19)24(31-22)20-12-8-5-9-13-20/h1,4-13H,3,14-18H2,(H,26,30). The van der Waals surface area contributed by atoms with Gasteiger partial charge in [-0.2, -0.15) is 10.2 Å². The summed E-state index contributed by atoms with van der Waals surface area (Å²) in [6, 6.07) is 19.8. The molecule has 2 aromatic carbocycles. The SMILES string of the molecule is C#CCCC1(CCNC(=O)CCc2nc(-c3ccccc3)c(-c3ccccc3)o2)N=N1. The van der Waals surface area contributed by atoms with Crippen molar-refractivity contribution in [1.82, 2.24) is 10.3 Å². The maximum absolute atomic E-state index is 12.3. The van der Waals surface area contributed by atoms with Crippen molar-refractivity contribution in [3.05, 3.63) is 66.6 Å². The molecule has 0 spiro atoms. The van der Waals surface area contributed by atoms with Crippen molar-refractivity contribution in [1.29, 1.82) is 0 Å². The van der Waals surface area contributed by atoms with Gasteiger partial charge in [0.2, 0.25) is 5.91 Å². The first-order chi connectivity index (χ1) is 15.2. The Morgan fingerprint density at radius 1 is 1.00 bits per heavy atom. The van der Waals surface area contributed by atoms with Crippen molar-refractivity contribution in [2.75, 3.05) is 6.54 Å². The first-order valence-corrected chi connectivity index (χ1v) is 10.4. The Morgan fingerprint density at radius 3 is 2.32 bits per heavy atom. The van der Waals surface area contributed by atoms with Crippen LogP contribution >= 0.6 is 0 Å². The highest BCUT2D eigenvalue weighted by Gasteiger charge is 2.38. The van der Waals surface area contributed by atoms with Gasteiger partial charge in [-0.1, -0.05) is 60.7 Å². The highest BCUT2D eigenvalue weighted by molar-refractivity contribution is 5.77. The lowest BCUT2D eigenvalue weighted by Crippen LogP contribution is -2.28. The van der Waals surface area contributed by atoms with Crippen molar-refractivity contribution < 1.29 is 9.21 Å². The third-order valence-electron chi connectivity index (χ3n) is 5.22. The maximum atomic E-state index is 12.3. The Labute approximate surface area is 181 Å². The van der Waals surface area contributed by atoms with E-state index in [1.54, 1.807) is 0 Å². The number of amides is 1. The normalized spacial score (nSPS) is 13.5. The quantitative estimate of drug-likeness (QED) is 0.475. The molecular formula is C25H24N4O2. The Bertz CT molecular complexity index is 1030. The van der Waals surface area contributed by atoms with Crippen molar-refractivity contribution in [3.8, 4) is 34.9 Å². The summed E-state index contributed by atoms with van der Waals surface area (Å²) in [6.45, 7) is 0.520. The number of carbonyl (C=O) groups is 1. The second-order valence-corrected chi connectivity index (χ2v) is 7.50. The van der Waals surface area contributed by atoms with Crippen LogP contribution in [-0.2, 0) is 11.2 Å². The lowest BCUT2D eigenvalue weighted by molar-refractivity contribution is -0.121. The van der Waals surface area contributed by atoms with Gasteiger partial charge in [0.1, 0.15) is 5.69 Å². The number of aromatic nitrogens is 1. The van der Waals surface area contributed by atoms with E-state index < -0.39 is 0 Å². The van der Waals surface area contributed by atoms with Crippen LogP contribution in [0.4, 0.5) is 0 Å². The number of hydrogen-bond donors (Lipinski definition) is 1. The average molecular weight is 412 g/mol. The molecule has 0 saturated carbocycles. The van der Waals surface area contributed by atoms with Crippen LogP contribution < -0.4 is 5.32 Å². The summed E-state index contributed by atoms with van der Waals surface area (Å²) in [6.07, 6.45) is 8.08. The van der Waals surface area contributed by atoms with Crippen molar-refractivity contribution in [2.45, 2.75) is 37.8 Å². The molecule has 1 aliphatic heterocycles. The molecule has 1 aromatic heterocycles. The topological polar surface area (TPSA) is 79.9 Å². The fraction of sp³-hybridized carbons (Fsp3) is 0.280. The molecular weight excluding hydrogens is 388 g/mol. The molecule has 1 aliphatic rings. The van der Waals surface area contributed by atoms with Crippen LogP contribution in [0.5, 0.6) is 0 Å². The third kappa shape index (κ3) is 5.26. The molecule has 0 atom stereocenters. The summed E-state index contributed by atoms with van der Waals surface area (Å²) < 4.78 is 6.08. The van der Waals surface area contributed by atoms with Gasteiger partial charge in [0.15, 0.2) is 17.3 Å². The second-order valence-electron chi connectivity index (χ2n) is 7.50. The molecule has 6 heteroatoms. The van der Waals surface area contributed by atoms with E-state index in [-0.39, 0.29) is 11.6 Å². The summed E-state index contributed by atoms with van der Waals surface area (Å²) in [5.74, 6) is 3.82. The zero-order valence-corrected chi connectivity index (χ0v) is 17.3. The Kier molecular flexibility index (Phi) is 6.23. The number of rotatable bonds is 10. The Hall–Kier alpha value is -3.72. The highest BCUT2D eigenvalue weighted by Crippen LogP contribution is 2.36. The molecule has 0 saturated heterocycles. The molecule has 1 N–H and O–H groups in total. The summed E-state index contributed by atoms with van der Waals surface area (Å²) in [4.78, 5) is 17.0. The van der Waals surface area contributed by atoms with E-state index in [0.717, 1.165) is 29.0 Å². The van der Waals surface area contributed by atoms with E-state index in [9.17, 15) is 4.79 Å². The predicted octanol–water partition coefficient (Wildman–Crippen LogP) is 5.02. The van der Waals surface area contributed by atoms with Crippen LogP contribution in [0.1, 0.15) is 31.6 Å². The van der Waals surface area contributed by atoms with Gasteiger partial charge in [-0.3, -0.25) is 4.79 Å². The zero-order chi connectivity index (χ0) is 21.5. The zero-order valence-electron chi connectivity index (χ0n) is 17.3. The van der Waals surface area contributed by atoms with Crippen LogP contribution in [0.25, 0.3) is 22.6 Å². The van der Waals surface area contributed by atoms with Crippen molar-refractivity contribution in [3.63, 3.8) is 0 Å². The summed E-state index contributed by atoms with van der Waals surface area (Å²) in [5.41, 5.74) is 2.35. The molecule has 0 unspecified atom stereocenters. The van der Waals surface area contributed by atoms with Gasteiger partial charge < -0.3 is 9.73 Å². The van der Waals surface area contributed by atoms with E-state index >= 15 is 0 Å². The Balaban J connectivity index is 1.37. The van der Waals surface area contributed by atoms with Crippen LogP contribution in [0.3, 0.4) is 0 Å². The molecule has 0 aliphatic carbocycles. The summed E-state index contributed by atoms with van der Waals surface area (Å²) >= 11 is 0. The lowest BCUT2D eigenvalue weighted by Gasteiger charge is -2.09. The number of terminal acetylenes is 1. The monoisotopic (exact) mass is 412 g/mol. The van der Waals surface area contributed by atoms with Gasteiger partial charge >= 0.3 is 0 Å². The first-order valence-electron chi connectivity index (χ1n) is 10.4. The first kappa shape index (κ1) is 20.5.